The Morgan fingerprint density at radius 1 is 1.38 bits per heavy atom. The Morgan fingerprint density at radius 2 is 2.12 bits per heavy atom. The van der Waals surface area contributed by atoms with Crippen LogP contribution in [0, 0.1) is 0 Å². The van der Waals surface area contributed by atoms with Crippen molar-refractivity contribution in [3.8, 4) is 0 Å². The van der Waals surface area contributed by atoms with E-state index in [1.807, 2.05) is 12.1 Å². The molecule has 3 nitrogen and oxygen atoms in total. The van der Waals surface area contributed by atoms with Crippen LogP contribution in [0.1, 0.15) is 28.4 Å². The van der Waals surface area contributed by atoms with Crippen molar-refractivity contribution >= 4 is 5.97 Å². The maximum absolute atomic E-state index is 11.2. The summed E-state index contributed by atoms with van der Waals surface area (Å²) in [7, 11) is 1.39. The van der Waals surface area contributed by atoms with Gasteiger partial charge in [-0.1, -0.05) is 24.3 Å². The van der Waals surface area contributed by atoms with Crippen molar-refractivity contribution in [2.75, 3.05) is 13.7 Å². The van der Waals surface area contributed by atoms with Crippen molar-refractivity contribution in [2.24, 2.45) is 0 Å². The largest absolute Gasteiger partial charge is 0.465 e. The molecule has 0 bridgehead atoms. The van der Waals surface area contributed by atoms with Gasteiger partial charge in [0.05, 0.1) is 18.7 Å². The Bertz CT molecular complexity index is 395. The molecule has 16 heavy (non-hydrogen) atoms. The Kier molecular flexibility index (Phi) is 3.37. The zero-order valence-corrected chi connectivity index (χ0v) is 9.27. The van der Waals surface area contributed by atoms with E-state index in [1.165, 1.54) is 12.7 Å². The quantitative estimate of drug-likeness (QED) is 0.608. The number of benzene rings is 1. The van der Waals surface area contributed by atoms with Gasteiger partial charge in [0.2, 0.25) is 0 Å². The molecule has 0 unspecified atom stereocenters. The molecule has 0 amide bonds. The second-order valence-corrected chi connectivity index (χ2v) is 3.76. The van der Waals surface area contributed by atoms with Crippen LogP contribution >= 0.6 is 0 Å². The first-order valence-corrected chi connectivity index (χ1v) is 5.39. The Balaban J connectivity index is 2.15. The predicted octanol–water partition coefficient (Wildman–Crippen LogP) is 2.06. The molecule has 84 valence electrons. The highest BCUT2D eigenvalue weighted by Crippen LogP contribution is 2.18. The maximum Gasteiger partial charge on any atom is 0.337 e. The molecule has 1 aliphatic heterocycles. The van der Waals surface area contributed by atoms with E-state index in [9.17, 15) is 4.79 Å². The molecular formula is C13H15NO2. The first-order valence-electron chi connectivity index (χ1n) is 5.39. The molecule has 1 aromatic rings. The molecular weight excluding hydrogens is 202 g/mol. The van der Waals surface area contributed by atoms with Crippen molar-refractivity contribution in [1.29, 1.82) is 0 Å². The van der Waals surface area contributed by atoms with Crippen molar-refractivity contribution in [2.45, 2.75) is 12.5 Å². The van der Waals surface area contributed by atoms with Crippen LogP contribution in [-0.4, -0.2) is 19.6 Å². The molecule has 0 spiro atoms. The molecule has 1 aromatic carbocycles. The molecule has 0 aliphatic carbocycles. The molecule has 1 atom stereocenters. The number of carbonyl (C=O) groups is 1. The highest BCUT2D eigenvalue weighted by atomic mass is 16.5. The average Bonchev–Trinajstić information content (AvgIpc) is 2.39. The summed E-state index contributed by atoms with van der Waals surface area (Å²) in [6, 6.07) is 7.77. The minimum Gasteiger partial charge on any atom is -0.465 e. The molecule has 1 aliphatic rings. The van der Waals surface area contributed by atoms with Crippen LogP contribution in [0.5, 0.6) is 0 Å². The minimum absolute atomic E-state index is 0.264. The number of hydrogen-bond donors (Lipinski definition) is 1. The lowest BCUT2D eigenvalue weighted by Gasteiger charge is -2.18. The van der Waals surface area contributed by atoms with Gasteiger partial charge in [-0.05, 0) is 30.7 Å². The molecule has 0 aromatic heterocycles. The highest BCUT2D eigenvalue weighted by molar-refractivity contribution is 5.89. The summed E-state index contributed by atoms with van der Waals surface area (Å²) in [5.41, 5.74) is 1.76. The van der Waals surface area contributed by atoms with Gasteiger partial charge >= 0.3 is 5.97 Å². The fourth-order valence-corrected chi connectivity index (χ4v) is 1.80. The standard InChI is InChI=1S/C13H15NO2/c1-16-13(15)11-7-5-10(6-8-11)12-4-2-3-9-14-12/h2,4-8,12,14H,3,9H2,1H3/t12-/m0/s1. The number of hydrogen-bond acceptors (Lipinski definition) is 3. The first kappa shape index (κ1) is 10.9. The monoisotopic (exact) mass is 217 g/mol. The van der Waals surface area contributed by atoms with Gasteiger partial charge in [-0.25, -0.2) is 4.79 Å². The third kappa shape index (κ3) is 2.31. The summed E-state index contributed by atoms with van der Waals surface area (Å²) < 4.78 is 4.65. The molecule has 3 heteroatoms. The van der Waals surface area contributed by atoms with Crippen molar-refractivity contribution in [3.05, 3.63) is 47.5 Å². The zero-order valence-electron chi connectivity index (χ0n) is 9.27. The summed E-state index contributed by atoms with van der Waals surface area (Å²) in [5, 5.41) is 3.40. The molecule has 1 heterocycles. The fraction of sp³-hybridized carbons (Fsp3) is 0.308. The van der Waals surface area contributed by atoms with Crippen molar-refractivity contribution in [1.82, 2.24) is 5.32 Å². The average molecular weight is 217 g/mol. The van der Waals surface area contributed by atoms with E-state index in [4.69, 9.17) is 0 Å². The van der Waals surface area contributed by atoms with Gasteiger partial charge in [-0.3, -0.25) is 0 Å². The van der Waals surface area contributed by atoms with Crippen LogP contribution in [0.2, 0.25) is 0 Å². The van der Waals surface area contributed by atoms with E-state index in [0.717, 1.165) is 13.0 Å². The van der Waals surface area contributed by atoms with Gasteiger partial charge in [0, 0.05) is 0 Å². The highest BCUT2D eigenvalue weighted by Gasteiger charge is 2.11. The normalized spacial score (nSPS) is 19.4. The van der Waals surface area contributed by atoms with Gasteiger partial charge in [0.25, 0.3) is 0 Å². The lowest BCUT2D eigenvalue weighted by Crippen LogP contribution is -2.23. The lowest BCUT2D eigenvalue weighted by molar-refractivity contribution is 0.0600. The fourth-order valence-electron chi connectivity index (χ4n) is 1.80. The topological polar surface area (TPSA) is 38.3 Å². The third-order valence-electron chi connectivity index (χ3n) is 2.69. The molecule has 0 radical (unpaired) electrons. The third-order valence-corrected chi connectivity index (χ3v) is 2.69. The van der Waals surface area contributed by atoms with E-state index >= 15 is 0 Å². The van der Waals surface area contributed by atoms with Crippen LogP contribution in [0.15, 0.2) is 36.4 Å². The van der Waals surface area contributed by atoms with Gasteiger partial charge in [0.1, 0.15) is 0 Å². The maximum atomic E-state index is 11.2. The number of carbonyl (C=O) groups excluding carboxylic acids is 1. The molecule has 0 fully saturated rings. The van der Waals surface area contributed by atoms with Gasteiger partial charge in [-0.15, -0.1) is 0 Å². The van der Waals surface area contributed by atoms with Crippen molar-refractivity contribution in [3.63, 3.8) is 0 Å². The van der Waals surface area contributed by atoms with E-state index in [-0.39, 0.29) is 12.0 Å². The summed E-state index contributed by atoms with van der Waals surface area (Å²) in [4.78, 5) is 11.2. The number of methoxy groups -OCH3 is 1. The summed E-state index contributed by atoms with van der Waals surface area (Å²) in [5.74, 6) is -0.293. The van der Waals surface area contributed by atoms with Crippen LogP contribution in [-0.2, 0) is 4.74 Å². The molecule has 0 saturated heterocycles. The predicted molar refractivity (Wildman–Crippen MR) is 62.3 cm³/mol. The van der Waals surface area contributed by atoms with Crippen LogP contribution in [0.3, 0.4) is 0 Å². The number of rotatable bonds is 2. The zero-order chi connectivity index (χ0) is 11.4. The van der Waals surface area contributed by atoms with Gasteiger partial charge in [-0.2, -0.15) is 0 Å². The van der Waals surface area contributed by atoms with Crippen LogP contribution < -0.4 is 5.32 Å². The second kappa shape index (κ2) is 4.94. The SMILES string of the molecule is COC(=O)c1ccc([C@@H]2C=CCCN2)cc1. The molecule has 0 saturated carbocycles. The van der Waals surface area contributed by atoms with Gasteiger partial charge < -0.3 is 10.1 Å². The second-order valence-electron chi connectivity index (χ2n) is 3.76. The summed E-state index contributed by atoms with van der Waals surface area (Å²) >= 11 is 0. The Labute approximate surface area is 95.1 Å². The van der Waals surface area contributed by atoms with Crippen LogP contribution in [0.4, 0.5) is 0 Å². The first-order chi connectivity index (χ1) is 7.81. The van der Waals surface area contributed by atoms with Gasteiger partial charge in [0.15, 0.2) is 0 Å². The van der Waals surface area contributed by atoms with E-state index in [1.54, 1.807) is 12.1 Å². The number of ether oxygens (including phenoxy) is 1. The van der Waals surface area contributed by atoms with Crippen molar-refractivity contribution < 1.29 is 9.53 Å². The summed E-state index contributed by atoms with van der Waals surface area (Å²) in [6.07, 6.45) is 5.41. The van der Waals surface area contributed by atoms with E-state index in [0.29, 0.717) is 5.56 Å². The Hall–Kier alpha value is -1.61. The van der Waals surface area contributed by atoms with E-state index in [2.05, 4.69) is 22.2 Å². The lowest BCUT2D eigenvalue weighted by atomic mass is 10.0. The minimum atomic E-state index is -0.293. The molecule has 1 N–H and O–H groups in total. The van der Waals surface area contributed by atoms with Crippen LogP contribution in [0.25, 0.3) is 0 Å². The molecule has 2 rings (SSSR count). The Morgan fingerprint density at radius 3 is 2.69 bits per heavy atom. The smallest absolute Gasteiger partial charge is 0.337 e. The number of nitrogens with one attached hydrogen (secondary N) is 1. The number of esters is 1. The summed E-state index contributed by atoms with van der Waals surface area (Å²) in [6.45, 7) is 1.000. The van der Waals surface area contributed by atoms with E-state index < -0.39 is 0 Å².